The standard InChI is InChI=1S/C7H10O4/c8-6-7(1-2-9-5-7)11-4-3-10-6/h1-5H2/t7-/m1/s1. The Morgan fingerprint density at radius 2 is 2.18 bits per heavy atom. The molecule has 0 unspecified atom stereocenters. The van der Waals surface area contributed by atoms with Gasteiger partial charge in [-0.15, -0.1) is 0 Å². The van der Waals surface area contributed by atoms with Gasteiger partial charge in [-0.3, -0.25) is 0 Å². The lowest BCUT2D eigenvalue weighted by Gasteiger charge is -2.29. The van der Waals surface area contributed by atoms with Gasteiger partial charge in [-0.25, -0.2) is 4.79 Å². The fourth-order valence-corrected chi connectivity index (χ4v) is 1.38. The molecule has 0 aliphatic carbocycles. The third-order valence-corrected chi connectivity index (χ3v) is 2.05. The highest BCUT2D eigenvalue weighted by Gasteiger charge is 2.47. The second-order valence-electron chi connectivity index (χ2n) is 2.78. The van der Waals surface area contributed by atoms with Crippen LogP contribution in [0.25, 0.3) is 0 Å². The van der Waals surface area contributed by atoms with Crippen LogP contribution in [-0.2, 0) is 19.0 Å². The first-order chi connectivity index (χ1) is 5.33. The van der Waals surface area contributed by atoms with Crippen LogP contribution in [0, 0.1) is 0 Å². The Morgan fingerprint density at radius 1 is 1.27 bits per heavy atom. The third-order valence-electron chi connectivity index (χ3n) is 2.05. The molecular formula is C7H10O4. The van der Waals surface area contributed by atoms with Crippen molar-refractivity contribution in [3.8, 4) is 0 Å². The van der Waals surface area contributed by atoms with Crippen molar-refractivity contribution < 1.29 is 19.0 Å². The van der Waals surface area contributed by atoms with E-state index in [9.17, 15) is 4.79 Å². The van der Waals surface area contributed by atoms with Gasteiger partial charge in [-0.05, 0) is 0 Å². The van der Waals surface area contributed by atoms with Gasteiger partial charge in [0.05, 0.1) is 19.8 Å². The van der Waals surface area contributed by atoms with Gasteiger partial charge in [0, 0.05) is 6.42 Å². The molecule has 2 aliphatic rings. The van der Waals surface area contributed by atoms with Crippen molar-refractivity contribution in [1.82, 2.24) is 0 Å². The molecule has 0 aromatic heterocycles. The smallest absolute Gasteiger partial charge is 0.341 e. The summed E-state index contributed by atoms with van der Waals surface area (Å²) in [6.07, 6.45) is 0.631. The molecule has 0 aromatic carbocycles. The second kappa shape index (κ2) is 2.46. The molecule has 0 bridgehead atoms. The van der Waals surface area contributed by atoms with E-state index in [1.807, 2.05) is 0 Å². The molecule has 0 amide bonds. The minimum absolute atomic E-state index is 0.263. The Morgan fingerprint density at radius 3 is 2.82 bits per heavy atom. The average Bonchev–Trinajstić information content (AvgIpc) is 2.46. The van der Waals surface area contributed by atoms with E-state index in [1.54, 1.807) is 0 Å². The fourth-order valence-electron chi connectivity index (χ4n) is 1.38. The Hall–Kier alpha value is -0.610. The lowest BCUT2D eigenvalue weighted by molar-refractivity contribution is -0.191. The monoisotopic (exact) mass is 158 g/mol. The van der Waals surface area contributed by atoms with Gasteiger partial charge in [0.25, 0.3) is 0 Å². The van der Waals surface area contributed by atoms with Crippen LogP contribution in [0.4, 0.5) is 0 Å². The Bertz CT molecular complexity index is 171. The van der Waals surface area contributed by atoms with Crippen molar-refractivity contribution >= 4 is 5.97 Å². The lowest BCUT2D eigenvalue weighted by atomic mass is 10.0. The molecule has 0 radical (unpaired) electrons. The van der Waals surface area contributed by atoms with Crippen molar-refractivity contribution in [3.05, 3.63) is 0 Å². The zero-order valence-electron chi connectivity index (χ0n) is 6.17. The highest BCUT2D eigenvalue weighted by molar-refractivity contribution is 5.80. The van der Waals surface area contributed by atoms with E-state index in [0.717, 1.165) is 0 Å². The van der Waals surface area contributed by atoms with Crippen molar-refractivity contribution in [2.75, 3.05) is 26.4 Å². The summed E-state index contributed by atoms with van der Waals surface area (Å²) in [5.41, 5.74) is -0.752. The maximum Gasteiger partial charge on any atom is 0.341 e. The number of carbonyl (C=O) groups excluding carboxylic acids is 1. The predicted octanol–water partition coefficient (Wildman–Crippen LogP) is -0.281. The normalized spacial score (nSPS) is 37.6. The molecule has 0 aromatic rings. The van der Waals surface area contributed by atoms with Gasteiger partial charge in [-0.2, -0.15) is 0 Å². The van der Waals surface area contributed by atoms with Crippen LogP contribution in [-0.4, -0.2) is 38.0 Å². The Labute approximate surface area is 64.4 Å². The molecule has 1 spiro atoms. The largest absolute Gasteiger partial charge is 0.461 e. The van der Waals surface area contributed by atoms with Gasteiger partial charge in [0.15, 0.2) is 5.60 Å². The number of ether oxygens (including phenoxy) is 3. The van der Waals surface area contributed by atoms with Gasteiger partial charge in [0.1, 0.15) is 6.61 Å². The van der Waals surface area contributed by atoms with Gasteiger partial charge in [0.2, 0.25) is 0 Å². The van der Waals surface area contributed by atoms with E-state index in [0.29, 0.717) is 32.8 Å². The summed E-state index contributed by atoms with van der Waals surface area (Å²) < 4.78 is 15.3. The van der Waals surface area contributed by atoms with Crippen LogP contribution in [0.15, 0.2) is 0 Å². The van der Waals surface area contributed by atoms with Gasteiger partial charge < -0.3 is 14.2 Å². The van der Waals surface area contributed by atoms with E-state index in [4.69, 9.17) is 14.2 Å². The first kappa shape index (κ1) is 7.06. The topological polar surface area (TPSA) is 44.8 Å². The van der Waals surface area contributed by atoms with Crippen LogP contribution in [0.5, 0.6) is 0 Å². The van der Waals surface area contributed by atoms with Crippen LogP contribution in [0.1, 0.15) is 6.42 Å². The molecule has 4 nitrogen and oxygen atoms in total. The molecule has 2 saturated heterocycles. The highest BCUT2D eigenvalue weighted by atomic mass is 16.6. The predicted molar refractivity (Wildman–Crippen MR) is 35.1 cm³/mol. The summed E-state index contributed by atoms with van der Waals surface area (Å²) >= 11 is 0. The fraction of sp³-hybridized carbons (Fsp3) is 0.857. The van der Waals surface area contributed by atoms with Gasteiger partial charge >= 0.3 is 5.97 Å². The van der Waals surface area contributed by atoms with E-state index >= 15 is 0 Å². The first-order valence-corrected chi connectivity index (χ1v) is 3.72. The quantitative estimate of drug-likeness (QED) is 0.455. The van der Waals surface area contributed by atoms with Crippen LogP contribution >= 0.6 is 0 Å². The number of hydrogen-bond acceptors (Lipinski definition) is 4. The van der Waals surface area contributed by atoms with Crippen molar-refractivity contribution in [2.24, 2.45) is 0 Å². The van der Waals surface area contributed by atoms with Crippen LogP contribution in [0.3, 0.4) is 0 Å². The van der Waals surface area contributed by atoms with E-state index < -0.39 is 5.60 Å². The van der Waals surface area contributed by atoms with Crippen molar-refractivity contribution in [3.63, 3.8) is 0 Å². The molecule has 4 heteroatoms. The Kier molecular flexibility index (Phi) is 1.58. The summed E-state index contributed by atoms with van der Waals surface area (Å²) in [7, 11) is 0. The van der Waals surface area contributed by atoms with E-state index in [-0.39, 0.29) is 5.97 Å². The number of cyclic esters (lactones) is 1. The molecule has 2 aliphatic heterocycles. The number of carbonyl (C=O) groups is 1. The number of esters is 1. The molecule has 2 fully saturated rings. The molecule has 0 N–H and O–H groups in total. The van der Waals surface area contributed by atoms with E-state index in [2.05, 4.69) is 0 Å². The summed E-state index contributed by atoms with van der Waals surface area (Å²) in [6, 6.07) is 0. The average molecular weight is 158 g/mol. The number of rotatable bonds is 0. The van der Waals surface area contributed by atoms with Crippen LogP contribution < -0.4 is 0 Å². The first-order valence-electron chi connectivity index (χ1n) is 3.72. The third kappa shape index (κ3) is 1.02. The molecule has 11 heavy (non-hydrogen) atoms. The summed E-state index contributed by atoms with van der Waals surface area (Å²) in [5.74, 6) is -0.263. The summed E-state index contributed by atoms with van der Waals surface area (Å²) in [6.45, 7) is 1.82. The van der Waals surface area contributed by atoms with Gasteiger partial charge in [-0.1, -0.05) is 0 Å². The molecule has 2 rings (SSSR count). The maximum atomic E-state index is 11.2. The van der Waals surface area contributed by atoms with Crippen molar-refractivity contribution in [1.29, 1.82) is 0 Å². The molecular weight excluding hydrogens is 148 g/mol. The molecule has 62 valence electrons. The minimum Gasteiger partial charge on any atom is -0.461 e. The zero-order chi connectivity index (χ0) is 7.73. The summed E-state index contributed by atoms with van der Waals surface area (Å²) in [5, 5.41) is 0. The highest BCUT2D eigenvalue weighted by Crippen LogP contribution is 2.26. The molecule has 2 heterocycles. The van der Waals surface area contributed by atoms with Crippen molar-refractivity contribution in [2.45, 2.75) is 12.0 Å². The van der Waals surface area contributed by atoms with Crippen LogP contribution in [0.2, 0.25) is 0 Å². The Balaban J connectivity index is 2.13. The zero-order valence-corrected chi connectivity index (χ0v) is 6.17. The summed E-state index contributed by atoms with van der Waals surface area (Å²) in [4.78, 5) is 11.2. The van der Waals surface area contributed by atoms with E-state index in [1.165, 1.54) is 0 Å². The maximum absolute atomic E-state index is 11.2. The molecule has 0 saturated carbocycles. The lowest BCUT2D eigenvalue weighted by Crippen LogP contribution is -2.48. The second-order valence-corrected chi connectivity index (χ2v) is 2.78. The molecule has 1 atom stereocenters. The SMILES string of the molecule is O=C1OCCO[C@@]12CCOC2. The number of hydrogen-bond donors (Lipinski definition) is 0. The minimum atomic E-state index is -0.752.